The van der Waals surface area contributed by atoms with Crippen LogP contribution in [-0.4, -0.2) is 12.2 Å². The normalized spacial score (nSPS) is 42.2. The van der Waals surface area contributed by atoms with Gasteiger partial charge in [0.2, 0.25) is 0 Å². The largest absolute Gasteiger partial charge is 0.446 e. The van der Waals surface area contributed by atoms with Crippen molar-refractivity contribution in [3.63, 3.8) is 0 Å². The summed E-state index contributed by atoms with van der Waals surface area (Å²) in [7, 11) is 0. The first-order valence-corrected chi connectivity index (χ1v) is 12.8. The number of primary amides is 1. The van der Waals surface area contributed by atoms with Crippen molar-refractivity contribution in [2.75, 3.05) is 0 Å². The van der Waals surface area contributed by atoms with Gasteiger partial charge in [0, 0.05) is 6.42 Å². The van der Waals surface area contributed by atoms with E-state index >= 15 is 0 Å². The number of rotatable bonds is 3. The number of ether oxygens (including phenoxy) is 1. The third-order valence-electron chi connectivity index (χ3n) is 10.2. The van der Waals surface area contributed by atoms with Crippen LogP contribution in [0.5, 0.6) is 0 Å². The van der Waals surface area contributed by atoms with E-state index in [0.717, 1.165) is 48.9 Å². The highest BCUT2D eigenvalue weighted by Crippen LogP contribution is 2.66. The van der Waals surface area contributed by atoms with Crippen molar-refractivity contribution in [2.24, 2.45) is 46.2 Å². The van der Waals surface area contributed by atoms with Crippen molar-refractivity contribution in [3.05, 3.63) is 11.6 Å². The first kappa shape index (κ1) is 23.7. The number of nitrogens with two attached hydrogens (primary N) is 1. The predicted molar refractivity (Wildman–Crippen MR) is 125 cm³/mol. The van der Waals surface area contributed by atoms with Gasteiger partial charge >= 0.3 is 6.09 Å². The maximum Gasteiger partial charge on any atom is 0.404 e. The minimum Gasteiger partial charge on any atom is -0.446 e. The maximum atomic E-state index is 11.1. The molecule has 0 aromatic rings. The Morgan fingerprint density at radius 3 is 2.43 bits per heavy atom. The molecular formula is C27H47NO2. The Morgan fingerprint density at radius 2 is 1.83 bits per heavy atom. The van der Waals surface area contributed by atoms with Gasteiger partial charge in [-0.25, -0.2) is 4.79 Å². The molecule has 0 aliphatic heterocycles. The fraction of sp³-hybridized carbons (Fsp3) is 0.889. The Labute approximate surface area is 185 Å². The second-order valence-electron chi connectivity index (χ2n) is 11.5. The monoisotopic (exact) mass is 417 g/mol. The van der Waals surface area contributed by atoms with E-state index in [2.05, 4.69) is 47.6 Å². The van der Waals surface area contributed by atoms with E-state index in [9.17, 15) is 4.79 Å². The van der Waals surface area contributed by atoms with Crippen molar-refractivity contribution >= 4 is 6.09 Å². The molecule has 4 aliphatic carbocycles. The molecule has 7 atom stereocenters. The minimum absolute atomic E-state index is 0.00117. The van der Waals surface area contributed by atoms with E-state index in [4.69, 9.17) is 10.5 Å². The van der Waals surface area contributed by atoms with Gasteiger partial charge in [-0.15, -0.1) is 0 Å². The topological polar surface area (TPSA) is 52.3 Å². The highest BCUT2D eigenvalue weighted by molar-refractivity contribution is 5.64. The molecule has 4 aliphatic rings. The molecule has 4 rings (SSSR count). The Morgan fingerprint density at radius 1 is 1.13 bits per heavy atom. The molecule has 7 unspecified atom stereocenters. The lowest BCUT2D eigenvalue weighted by Crippen LogP contribution is -2.50. The van der Waals surface area contributed by atoms with Gasteiger partial charge in [0.1, 0.15) is 6.10 Å². The summed E-state index contributed by atoms with van der Waals surface area (Å²) in [5.74, 6) is 4.44. The van der Waals surface area contributed by atoms with Crippen LogP contribution in [-0.2, 0) is 4.74 Å². The summed E-state index contributed by atoms with van der Waals surface area (Å²) in [6.07, 6.45) is 14.5. The molecule has 0 saturated heterocycles. The molecule has 0 aromatic heterocycles. The number of carbonyl (C=O) groups excluding carboxylic acids is 1. The van der Waals surface area contributed by atoms with Gasteiger partial charge in [0.05, 0.1) is 0 Å². The molecule has 0 radical (unpaired) electrons. The summed E-state index contributed by atoms with van der Waals surface area (Å²) < 4.78 is 5.32. The van der Waals surface area contributed by atoms with Crippen LogP contribution in [0.4, 0.5) is 4.79 Å². The van der Waals surface area contributed by atoms with Gasteiger partial charge in [-0.3, -0.25) is 0 Å². The van der Waals surface area contributed by atoms with Crippen molar-refractivity contribution in [1.82, 2.24) is 0 Å². The molecular weight excluding hydrogens is 370 g/mol. The summed E-state index contributed by atoms with van der Waals surface area (Å²) in [6.45, 7) is 14.3. The van der Waals surface area contributed by atoms with Gasteiger partial charge in [-0.2, -0.15) is 0 Å². The van der Waals surface area contributed by atoms with Crippen molar-refractivity contribution in [1.29, 1.82) is 0 Å². The van der Waals surface area contributed by atoms with Gasteiger partial charge in [0.15, 0.2) is 0 Å². The van der Waals surface area contributed by atoms with Gasteiger partial charge < -0.3 is 10.5 Å². The van der Waals surface area contributed by atoms with Crippen LogP contribution in [0.3, 0.4) is 0 Å². The molecule has 3 heteroatoms. The van der Waals surface area contributed by atoms with Crippen molar-refractivity contribution in [2.45, 2.75) is 112 Å². The molecule has 3 nitrogen and oxygen atoms in total. The summed E-state index contributed by atoms with van der Waals surface area (Å²) in [4.78, 5) is 11.1. The number of carbonyl (C=O) groups is 1. The molecule has 0 spiro atoms. The zero-order chi connectivity index (χ0) is 22.1. The highest BCUT2D eigenvalue weighted by Gasteiger charge is 2.57. The summed E-state index contributed by atoms with van der Waals surface area (Å²) in [5.41, 5.74) is 7.69. The van der Waals surface area contributed by atoms with Crippen LogP contribution in [0.2, 0.25) is 0 Å². The van der Waals surface area contributed by atoms with E-state index in [1.807, 2.05) is 0 Å². The molecule has 2 N–H and O–H groups in total. The fourth-order valence-corrected chi connectivity index (χ4v) is 7.44. The number of allylic oxidation sites excluding steroid dienone is 1. The fourth-order valence-electron chi connectivity index (χ4n) is 7.44. The Hall–Kier alpha value is -0.990. The molecule has 172 valence electrons. The first-order valence-electron chi connectivity index (χ1n) is 12.8. The molecule has 0 heterocycles. The average molecular weight is 418 g/mol. The lowest BCUT2D eigenvalue weighted by atomic mass is 9.47. The van der Waals surface area contributed by atoms with Crippen molar-refractivity contribution in [3.8, 4) is 0 Å². The Bertz CT molecular complexity index is 639. The molecule has 30 heavy (non-hydrogen) atoms. The lowest BCUT2D eigenvalue weighted by Gasteiger charge is -2.58. The molecule has 3 saturated carbocycles. The van der Waals surface area contributed by atoms with Crippen LogP contribution in [0.15, 0.2) is 11.6 Å². The maximum absolute atomic E-state index is 11.1. The number of hydrogen-bond acceptors (Lipinski definition) is 2. The number of amides is 1. The van der Waals surface area contributed by atoms with Crippen LogP contribution < -0.4 is 5.73 Å². The third kappa shape index (κ3) is 4.32. The zero-order valence-corrected chi connectivity index (χ0v) is 20.5. The smallest absolute Gasteiger partial charge is 0.404 e. The van der Waals surface area contributed by atoms with Gasteiger partial charge in [-0.05, 0) is 85.4 Å². The average Bonchev–Trinajstić information content (AvgIpc) is 3.02. The third-order valence-corrected chi connectivity index (χ3v) is 10.2. The second kappa shape index (κ2) is 9.25. The van der Waals surface area contributed by atoms with E-state index in [1.165, 1.54) is 44.9 Å². The summed E-state index contributed by atoms with van der Waals surface area (Å²) >= 11 is 0. The Kier molecular flexibility index (Phi) is 7.30. The first-order chi connectivity index (χ1) is 14.2. The lowest BCUT2D eigenvalue weighted by molar-refractivity contribution is -0.0482. The van der Waals surface area contributed by atoms with Gasteiger partial charge in [-0.1, -0.05) is 66.0 Å². The highest BCUT2D eigenvalue weighted by atomic mass is 16.6. The SMILES string of the molecule is CC1CCC2C3CC=C4CC(OC(N)=O)CCC4(C)C3CCC12C.CCC(C)CC. The molecule has 1 amide bonds. The zero-order valence-electron chi connectivity index (χ0n) is 20.5. The molecule has 3 fully saturated rings. The van der Waals surface area contributed by atoms with E-state index in [0.29, 0.717) is 10.8 Å². The quantitative estimate of drug-likeness (QED) is 0.483. The predicted octanol–water partition coefficient (Wildman–Crippen LogP) is 7.49. The minimum atomic E-state index is -0.619. The van der Waals surface area contributed by atoms with Crippen LogP contribution >= 0.6 is 0 Å². The van der Waals surface area contributed by atoms with Gasteiger partial charge in [0.25, 0.3) is 0 Å². The van der Waals surface area contributed by atoms with E-state index < -0.39 is 6.09 Å². The number of hydrogen-bond donors (Lipinski definition) is 1. The second-order valence-corrected chi connectivity index (χ2v) is 11.5. The molecule has 0 aromatic carbocycles. The van der Waals surface area contributed by atoms with E-state index in [1.54, 1.807) is 5.57 Å². The van der Waals surface area contributed by atoms with Crippen LogP contribution in [0.1, 0.15) is 106 Å². The standard InChI is InChI=1S/C21H33NO2.C6H14/c1-13-4-7-17-16-6-5-14-12-15(24-19(22)23)8-10-21(14,3)18(16)9-11-20(13,17)2;1-4-6(3)5-2/h5,13,15-18H,4,6-12H2,1-3H3,(H2,22,23);6H,4-5H2,1-3H3. The number of fused-ring (bicyclic) bond motifs is 5. The van der Waals surface area contributed by atoms with Crippen LogP contribution in [0, 0.1) is 40.4 Å². The summed E-state index contributed by atoms with van der Waals surface area (Å²) in [6, 6.07) is 0. The van der Waals surface area contributed by atoms with Crippen molar-refractivity contribution < 1.29 is 9.53 Å². The van der Waals surface area contributed by atoms with E-state index in [-0.39, 0.29) is 6.10 Å². The summed E-state index contributed by atoms with van der Waals surface area (Å²) in [5, 5.41) is 0. The Balaban J connectivity index is 0.000000377. The molecule has 0 bridgehead atoms. The van der Waals surface area contributed by atoms with Crippen LogP contribution in [0.25, 0.3) is 0 Å².